The normalized spacial score (nSPS) is 13.2. The number of sulfonamides is 1. The molecule has 0 radical (unpaired) electrons. The number of rotatable bonds is 4. The van der Waals surface area contributed by atoms with Crippen molar-refractivity contribution < 1.29 is 13.2 Å². The molecule has 0 spiro atoms. The predicted octanol–water partition coefficient (Wildman–Crippen LogP) is 3.39. The average Bonchev–Trinajstić information content (AvgIpc) is 3.11. The lowest BCUT2D eigenvalue weighted by molar-refractivity contribution is 0.0989. The summed E-state index contributed by atoms with van der Waals surface area (Å²) >= 11 is 0. The van der Waals surface area contributed by atoms with E-state index >= 15 is 0 Å². The first-order valence-electron chi connectivity index (χ1n) is 8.88. The zero-order valence-electron chi connectivity index (χ0n) is 15.3. The molecule has 1 aliphatic heterocycles. The number of aryl methyl sites for hydroxylation is 1. The van der Waals surface area contributed by atoms with Crippen LogP contribution in [-0.2, 0) is 16.4 Å². The molecule has 2 aromatic carbocycles. The highest BCUT2D eigenvalue weighted by Crippen LogP contribution is 2.32. The lowest BCUT2D eigenvalue weighted by Gasteiger charge is -2.18. The van der Waals surface area contributed by atoms with Crippen molar-refractivity contribution in [1.82, 2.24) is 4.98 Å². The Morgan fingerprint density at radius 3 is 2.71 bits per heavy atom. The summed E-state index contributed by atoms with van der Waals surface area (Å²) in [5.74, 6) is -0.148. The minimum atomic E-state index is -3.71. The Bertz CT molecular complexity index is 1140. The molecule has 0 bridgehead atoms. The molecule has 1 aromatic heterocycles. The van der Waals surface area contributed by atoms with Crippen molar-refractivity contribution >= 4 is 27.3 Å². The second kappa shape index (κ2) is 7.09. The summed E-state index contributed by atoms with van der Waals surface area (Å²) in [7, 11) is -3.71. The van der Waals surface area contributed by atoms with Crippen LogP contribution in [0.25, 0.3) is 0 Å². The van der Waals surface area contributed by atoms with Crippen LogP contribution in [0.3, 0.4) is 0 Å². The number of amides is 1. The number of carbonyl (C=O) groups is 1. The van der Waals surface area contributed by atoms with Gasteiger partial charge in [-0.2, -0.15) is 0 Å². The topological polar surface area (TPSA) is 79.4 Å². The first kappa shape index (κ1) is 18.2. The molecule has 142 valence electrons. The number of benzene rings is 2. The average molecular weight is 393 g/mol. The summed E-state index contributed by atoms with van der Waals surface area (Å²) < 4.78 is 28.0. The first-order chi connectivity index (χ1) is 13.4. The van der Waals surface area contributed by atoms with E-state index in [4.69, 9.17) is 0 Å². The zero-order valence-corrected chi connectivity index (χ0v) is 16.1. The van der Waals surface area contributed by atoms with Crippen LogP contribution in [0.5, 0.6) is 0 Å². The van der Waals surface area contributed by atoms with Crippen molar-refractivity contribution in [2.24, 2.45) is 0 Å². The lowest BCUT2D eigenvalue weighted by atomic mass is 10.1. The molecule has 3 aromatic rings. The third-order valence-corrected chi connectivity index (χ3v) is 6.07. The molecule has 0 saturated heterocycles. The molecule has 1 aliphatic rings. The van der Waals surface area contributed by atoms with E-state index in [0.29, 0.717) is 17.8 Å². The first-order valence-corrected chi connectivity index (χ1v) is 10.4. The van der Waals surface area contributed by atoms with Crippen LogP contribution in [-0.4, -0.2) is 25.9 Å². The Hall–Kier alpha value is -3.19. The Labute approximate surface area is 163 Å². The number of anilines is 2. The van der Waals surface area contributed by atoms with E-state index in [1.807, 2.05) is 19.1 Å². The summed E-state index contributed by atoms with van der Waals surface area (Å²) in [5, 5.41) is 0. The maximum absolute atomic E-state index is 12.8. The molecule has 1 amide bonds. The number of aromatic nitrogens is 1. The van der Waals surface area contributed by atoms with Gasteiger partial charge in [-0.25, -0.2) is 8.42 Å². The molecule has 0 aliphatic carbocycles. The summed E-state index contributed by atoms with van der Waals surface area (Å²) in [4.78, 5) is 18.7. The SMILES string of the molecule is Cc1cccc(S(=O)(=O)Nc2ccc3c(c2)N(C(=O)c2cccnc2)CC3)c1. The zero-order chi connectivity index (χ0) is 19.7. The second-order valence-electron chi connectivity index (χ2n) is 6.71. The van der Waals surface area contributed by atoms with Gasteiger partial charge >= 0.3 is 0 Å². The Balaban J connectivity index is 1.63. The number of hydrogen-bond donors (Lipinski definition) is 1. The van der Waals surface area contributed by atoms with Crippen molar-refractivity contribution in [3.05, 3.63) is 83.7 Å². The van der Waals surface area contributed by atoms with Crippen molar-refractivity contribution in [3.8, 4) is 0 Å². The third kappa shape index (κ3) is 3.48. The summed E-state index contributed by atoms with van der Waals surface area (Å²) in [6.07, 6.45) is 3.88. The van der Waals surface area contributed by atoms with Crippen LogP contribution < -0.4 is 9.62 Å². The number of fused-ring (bicyclic) bond motifs is 1. The van der Waals surface area contributed by atoms with Gasteiger partial charge in [0.15, 0.2) is 0 Å². The van der Waals surface area contributed by atoms with Gasteiger partial charge in [0.1, 0.15) is 0 Å². The molecule has 2 heterocycles. The molecule has 0 unspecified atom stereocenters. The van der Waals surface area contributed by atoms with Gasteiger partial charge in [0, 0.05) is 24.6 Å². The van der Waals surface area contributed by atoms with Crippen LogP contribution >= 0.6 is 0 Å². The van der Waals surface area contributed by atoms with Gasteiger partial charge < -0.3 is 4.90 Å². The molecule has 4 rings (SSSR count). The van der Waals surface area contributed by atoms with Crippen LogP contribution in [0.1, 0.15) is 21.5 Å². The minimum Gasteiger partial charge on any atom is -0.308 e. The van der Waals surface area contributed by atoms with E-state index in [1.54, 1.807) is 53.6 Å². The van der Waals surface area contributed by atoms with Crippen molar-refractivity contribution in [1.29, 1.82) is 0 Å². The molecule has 6 nitrogen and oxygen atoms in total. The van der Waals surface area contributed by atoms with E-state index in [9.17, 15) is 13.2 Å². The number of nitrogens with one attached hydrogen (secondary N) is 1. The van der Waals surface area contributed by atoms with Crippen LogP contribution in [0.15, 0.2) is 71.9 Å². The second-order valence-corrected chi connectivity index (χ2v) is 8.40. The van der Waals surface area contributed by atoms with Gasteiger partial charge in [0.05, 0.1) is 16.1 Å². The van der Waals surface area contributed by atoms with Crippen LogP contribution in [0.4, 0.5) is 11.4 Å². The van der Waals surface area contributed by atoms with Gasteiger partial charge in [0.25, 0.3) is 15.9 Å². The summed E-state index contributed by atoms with van der Waals surface area (Å²) in [5.41, 5.74) is 3.52. The van der Waals surface area contributed by atoms with Gasteiger partial charge in [0.2, 0.25) is 0 Å². The molecule has 0 fully saturated rings. The molecule has 28 heavy (non-hydrogen) atoms. The number of hydrogen-bond acceptors (Lipinski definition) is 4. The Morgan fingerprint density at radius 2 is 1.96 bits per heavy atom. The van der Waals surface area contributed by atoms with Crippen molar-refractivity contribution in [2.45, 2.75) is 18.2 Å². The van der Waals surface area contributed by atoms with E-state index < -0.39 is 10.0 Å². The fourth-order valence-electron chi connectivity index (χ4n) is 3.30. The minimum absolute atomic E-state index is 0.148. The molecule has 7 heteroatoms. The van der Waals surface area contributed by atoms with Gasteiger partial charge in [-0.3, -0.25) is 14.5 Å². The maximum Gasteiger partial charge on any atom is 0.261 e. The van der Waals surface area contributed by atoms with E-state index in [-0.39, 0.29) is 10.8 Å². The lowest BCUT2D eigenvalue weighted by Crippen LogP contribution is -2.29. The van der Waals surface area contributed by atoms with Gasteiger partial charge in [-0.1, -0.05) is 18.2 Å². The molecule has 0 saturated carbocycles. The van der Waals surface area contributed by atoms with Gasteiger partial charge in [-0.05, 0) is 60.9 Å². The Kier molecular flexibility index (Phi) is 4.60. The smallest absolute Gasteiger partial charge is 0.261 e. The molecule has 1 N–H and O–H groups in total. The highest BCUT2D eigenvalue weighted by molar-refractivity contribution is 7.92. The maximum atomic E-state index is 12.8. The van der Waals surface area contributed by atoms with E-state index in [2.05, 4.69) is 9.71 Å². The quantitative estimate of drug-likeness (QED) is 0.737. The highest BCUT2D eigenvalue weighted by Gasteiger charge is 2.26. The highest BCUT2D eigenvalue weighted by atomic mass is 32.2. The number of pyridine rings is 1. The summed E-state index contributed by atoms with van der Waals surface area (Å²) in [6.45, 7) is 2.40. The summed E-state index contributed by atoms with van der Waals surface area (Å²) in [6, 6.07) is 15.5. The van der Waals surface area contributed by atoms with Crippen molar-refractivity contribution in [3.63, 3.8) is 0 Å². The monoisotopic (exact) mass is 393 g/mol. The van der Waals surface area contributed by atoms with Crippen molar-refractivity contribution in [2.75, 3.05) is 16.2 Å². The largest absolute Gasteiger partial charge is 0.308 e. The third-order valence-electron chi connectivity index (χ3n) is 4.69. The standard InChI is InChI=1S/C21H19N3O3S/c1-15-4-2-6-19(12-15)28(26,27)23-18-8-7-16-9-11-24(20(16)13-18)21(25)17-5-3-10-22-14-17/h2-8,10,12-14,23H,9,11H2,1H3. The van der Waals surface area contributed by atoms with Gasteiger partial charge in [-0.15, -0.1) is 0 Å². The molecule has 0 atom stereocenters. The fraction of sp³-hybridized carbons (Fsp3) is 0.143. The van der Waals surface area contributed by atoms with E-state index in [0.717, 1.165) is 23.2 Å². The molecular formula is C21H19N3O3S. The predicted molar refractivity (Wildman–Crippen MR) is 108 cm³/mol. The van der Waals surface area contributed by atoms with E-state index in [1.165, 1.54) is 6.20 Å². The Morgan fingerprint density at radius 1 is 1.11 bits per heavy atom. The van der Waals surface area contributed by atoms with Crippen LogP contribution in [0, 0.1) is 6.92 Å². The number of nitrogens with zero attached hydrogens (tertiary/aromatic N) is 2. The van der Waals surface area contributed by atoms with Crippen LogP contribution in [0.2, 0.25) is 0 Å². The molecular weight excluding hydrogens is 374 g/mol. The fourth-order valence-corrected chi connectivity index (χ4v) is 4.45. The number of carbonyl (C=O) groups excluding carboxylic acids is 1.